The highest BCUT2D eigenvalue weighted by atomic mass is 19.4. The second kappa shape index (κ2) is 12.2. The van der Waals surface area contributed by atoms with Gasteiger partial charge in [0.15, 0.2) is 0 Å². The predicted molar refractivity (Wildman–Crippen MR) is 143 cm³/mol. The molecule has 2 aromatic carbocycles. The van der Waals surface area contributed by atoms with Gasteiger partial charge < -0.3 is 14.9 Å². The van der Waals surface area contributed by atoms with Gasteiger partial charge in [-0.3, -0.25) is 0 Å². The molecule has 15 heteroatoms. The molecule has 0 saturated heterocycles. The van der Waals surface area contributed by atoms with Gasteiger partial charge in [0.2, 0.25) is 0 Å². The number of alkyl halides is 6. The Kier molecular flexibility index (Phi) is 9.02. The number of allylic oxidation sites excluding steroid dienone is 1. The van der Waals surface area contributed by atoms with Gasteiger partial charge in [0.05, 0.1) is 30.6 Å². The first kappa shape index (κ1) is 31.8. The summed E-state index contributed by atoms with van der Waals surface area (Å²) < 4.78 is 95.1. The summed E-state index contributed by atoms with van der Waals surface area (Å²) in [6.07, 6.45) is -8.39. The summed E-state index contributed by atoms with van der Waals surface area (Å²) >= 11 is 0. The number of aryl methyl sites for hydroxylation is 2. The topological polar surface area (TPSA) is 87.4 Å². The summed E-state index contributed by atoms with van der Waals surface area (Å²) in [5, 5.41) is 21.5. The minimum atomic E-state index is -4.68. The lowest BCUT2D eigenvalue weighted by Crippen LogP contribution is -2.32. The van der Waals surface area contributed by atoms with E-state index in [2.05, 4.69) is 15.4 Å². The predicted octanol–water partition coefficient (Wildman–Crippen LogP) is 6.62. The third-order valence-corrected chi connectivity index (χ3v) is 7.15. The molecule has 4 rings (SSSR count). The summed E-state index contributed by atoms with van der Waals surface area (Å²) in [4.78, 5) is 16.0. The van der Waals surface area contributed by atoms with Crippen molar-refractivity contribution in [3.05, 3.63) is 75.6 Å². The van der Waals surface area contributed by atoms with Crippen molar-refractivity contribution in [2.75, 3.05) is 22.9 Å². The number of carbonyl (C=O) groups is 1. The van der Waals surface area contributed by atoms with Crippen LogP contribution < -0.4 is 9.80 Å². The normalized spacial score (nSPS) is 16.2. The first-order valence-electron chi connectivity index (χ1n) is 13.2. The van der Waals surface area contributed by atoms with E-state index in [4.69, 9.17) is 0 Å². The van der Waals surface area contributed by atoms with Crippen LogP contribution in [-0.2, 0) is 19.8 Å². The van der Waals surface area contributed by atoms with E-state index in [0.717, 1.165) is 24.3 Å². The molecule has 2 heterocycles. The van der Waals surface area contributed by atoms with Gasteiger partial charge in [-0.2, -0.15) is 31.1 Å². The van der Waals surface area contributed by atoms with Crippen molar-refractivity contribution in [2.45, 2.75) is 58.0 Å². The average Bonchev–Trinajstić information content (AvgIpc) is 3.26. The van der Waals surface area contributed by atoms with E-state index >= 15 is 0 Å². The van der Waals surface area contributed by atoms with Gasteiger partial charge in [0, 0.05) is 25.3 Å². The lowest BCUT2D eigenvalue weighted by atomic mass is 9.94. The number of hydrogen-bond donors (Lipinski definition) is 1. The first-order valence-corrected chi connectivity index (χ1v) is 13.2. The zero-order chi connectivity index (χ0) is 31.7. The van der Waals surface area contributed by atoms with Gasteiger partial charge in [0.1, 0.15) is 5.82 Å². The van der Waals surface area contributed by atoms with Gasteiger partial charge in [-0.05, 0) is 66.8 Å². The second-order valence-electron chi connectivity index (χ2n) is 10.5. The van der Waals surface area contributed by atoms with Crippen LogP contribution in [0.1, 0.15) is 64.8 Å². The quantitative estimate of drug-likeness (QED) is 0.225. The molecule has 1 N–H and O–H groups in total. The second-order valence-corrected chi connectivity index (χ2v) is 10.5. The van der Waals surface area contributed by atoms with Crippen LogP contribution in [0.3, 0.4) is 0 Å². The Labute approximate surface area is 242 Å². The van der Waals surface area contributed by atoms with Crippen molar-refractivity contribution in [1.82, 2.24) is 20.2 Å². The highest BCUT2D eigenvalue weighted by Gasteiger charge is 2.37. The third-order valence-electron chi connectivity index (χ3n) is 7.15. The first-order chi connectivity index (χ1) is 20.0. The monoisotopic (exact) mass is 614 g/mol. The van der Waals surface area contributed by atoms with Crippen molar-refractivity contribution in [2.24, 2.45) is 7.05 Å². The molecule has 0 saturated carbocycles. The highest BCUT2D eigenvalue weighted by Crippen LogP contribution is 2.43. The number of tetrazole rings is 1. The number of hydrogen-bond acceptors (Lipinski definition) is 6. The van der Waals surface area contributed by atoms with Gasteiger partial charge in [-0.1, -0.05) is 28.9 Å². The Hall–Kier alpha value is -4.17. The summed E-state index contributed by atoms with van der Waals surface area (Å²) in [5.74, 6) is -2.33. The SMILES string of the molecule is C/C(=C\CC(F)(F)F)CN(c1nnn(C)n1)C1CCCN(Cc2ccc(F)c(C(=O)O)c2)c2cc(C(F)(F)F)c(C)cc21. The van der Waals surface area contributed by atoms with Crippen LogP contribution in [0.25, 0.3) is 0 Å². The maximum atomic E-state index is 14.1. The molecular weight excluding hydrogens is 585 g/mol. The van der Waals surface area contributed by atoms with Crippen LogP contribution in [0.4, 0.5) is 42.4 Å². The van der Waals surface area contributed by atoms with Gasteiger partial charge in [-0.25, -0.2) is 9.18 Å². The molecule has 1 aliphatic rings. The molecule has 0 bridgehead atoms. The van der Waals surface area contributed by atoms with E-state index in [1.54, 1.807) is 9.80 Å². The lowest BCUT2D eigenvalue weighted by Gasteiger charge is -2.33. The molecule has 0 amide bonds. The zero-order valence-corrected chi connectivity index (χ0v) is 23.5. The van der Waals surface area contributed by atoms with Crippen LogP contribution in [0.2, 0.25) is 0 Å². The molecule has 0 aliphatic carbocycles. The molecule has 0 spiro atoms. The van der Waals surface area contributed by atoms with E-state index < -0.39 is 47.7 Å². The van der Waals surface area contributed by atoms with Crippen LogP contribution in [0.5, 0.6) is 0 Å². The minimum Gasteiger partial charge on any atom is -0.478 e. The van der Waals surface area contributed by atoms with Crippen molar-refractivity contribution >= 4 is 17.6 Å². The summed E-state index contributed by atoms with van der Waals surface area (Å²) in [6, 6.07) is 5.29. The fourth-order valence-corrected chi connectivity index (χ4v) is 5.19. The number of aromatic carboxylic acids is 1. The van der Waals surface area contributed by atoms with E-state index in [0.29, 0.717) is 29.5 Å². The zero-order valence-electron chi connectivity index (χ0n) is 23.5. The Bertz CT molecular complexity index is 1520. The summed E-state index contributed by atoms with van der Waals surface area (Å²) in [5.41, 5.74) is -0.102. The number of rotatable bonds is 8. The largest absolute Gasteiger partial charge is 0.478 e. The van der Waals surface area contributed by atoms with Gasteiger partial charge in [0.25, 0.3) is 5.95 Å². The van der Waals surface area contributed by atoms with E-state index in [1.807, 2.05) is 0 Å². The minimum absolute atomic E-state index is 0.0193. The van der Waals surface area contributed by atoms with Gasteiger partial charge >= 0.3 is 18.3 Å². The Morgan fingerprint density at radius 1 is 1.16 bits per heavy atom. The maximum Gasteiger partial charge on any atom is 0.416 e. The molecule has 1 atom stereocenters. The van der Waals surface area contributed by atoms with Crippen LogP contribution >= 0.6 is 0 Å². The third kappa shape index (κ3) is 7.62. The molecule has 1 unspecified atom stereocenters. The van der Waals surface area contributed by atoms with Gasteiger partial charge in [-0.15, -0.1) is 5.10 Å². The molecule has 0 radical (unpaired) electrons. The fourth-order valence-electron chi connectivity index (χ4n) is 5.19. The molecule has 1 aliphatic heterocycles. The summed E-state index contributed by atoms with van der Waals surface area (Å²) in [7, 11) is 1.51. The van der Waals surface area contributed by atoms with E-state index in [9.17, 15) is 40.6 Å². The van der Waals surface area contributed by atoms with Crippen LogP contribution in [0, 0.1) is 12.7 Å². The molecule has 232 valence electrons. The number of nitrogens with zero attached hydrogens (tertiary/aromatic N) is 6. The number of anilines is 2. The maximum absolute atomic E-state index is 14.1. The molecule has 1 aromatic heterocycles. The Morgan fingerprint density at radius 3 is 2.49 bits per heavy atom. The molecular formula is C28H29F7N6O2. The summed E-state index contributed by atoms with van der Waals surface area (Å²) in [6.45, 7) is 3.04. The van der Waals surface area contributed by atoms with Crippen LogP contribution in [0.15, 0.2) is 42.0 Å². The lowest BCUT2D eigenvalue weighted by molar-refractivity contribution is -0.138. The van der Waals surface area contributed by atoms with Crippen molar-refractivity contribution < 1.29 is 40.6 Å². The van der Waals surface area contributed by atoms with Crippen molar-refractivity contribution in [3.8, 4) is 0 Å². The number of halogens is 7. The number of carboxylic acid groups (broad SMARTS) is 1. The molecule has 8 nitrogen and oxygen atoms in total. The van der Waals surface area contributed by atoms with E-state index in [1.165, 1.54) is 37.8 Å². The standard InChI is InChI=1S/C28H29F7N6O2/c1-16(8-9-27(30,31)32)14-41(26-36-38-39(3)37-26)23-5-4-10-40(15-18-6-7-22(29)19(12-18)25(42)43)24-13-21(28(33,34)35)17(2)11-20(23)24/h6-8,11-13,23H,4-5,9-10,14-15H2,1-3H3,(H,42,43)/b16-8+. The molecule has 0 fully saturated rings. The fraction of sp³-hybridized carbons (Fsp3) is 0.429. The Morgan fingerprint density at radius 2 is 1.88 bits per heavy atom. The number of carboxylic acids is 1. The van der Waals surface area contributed by atoms with Crippen molar-refractivity contribution in [1.29, 1.82) is 0 Å². The Balaban J connectivity index is 1.83. The molecule has 3 aromatic rings. The van der Waals surface area contributed by atoms with Crippen molar-refractivity contribution in [3.63, 3.8) is 0 Å². The smallest absolute Gasteiger partial charge is 0.416 e. The number of fused-ring (bicyclic) bond motifs is 1. The average molecular weight is 615 g/mol. The number of benzene rings is 2. The van der Waals surface area contributed by atoms with E-state index in [-0.39, 0.29) is 36.8 Å². The number of aromatic nitrogens is 4. The van der Waals surface area contributed by atoms with Crippen LogP contribution in [-0.4, -0.2) is 50.5 Å². The molecule has 43 heavy (non-hydrogen) atoms. The highest BCUT2D eigenvalue weighted by molar-refractivity contribution is 5.88.